The van der Waals surface area contributed by atoms with E-state index in [1.54, 1.807) is 30.0 Å². The minimum Gasteiger partial charge on any atom is -0.486 e. The van der Waals surface area contributed by atoms with Crippen LogP contribution in [0.1, 0.15) is 11.6 Å². The van der Waals surface area contributed by atoms with Gasteiger partial charge in [-0.2, -0.15) is 0 Å². The van der Waals surface area contributed by atoms with Gasteiger partial charge < -0.3 is 24.8 Å². The lowest BCUT2D eigenvalue weighted by atomic mass is 9.96. The minimum atomic E-state index is -0.629. The van der Waals surface area contributed by atoms with Crippen LogP contribution in [-0.4, -0.2) is 55.4 Å². The lowest BCUT2D eigenvalue weighted by Gasteiger charge is -2.32. The molecule has 0 spiro atoms. The molecule has 0 saturated heterocycles. The first kappa shape index (κ1) is 21.2. The molecule has 5 rings (SSSR count). The van der Waals surface area contributed by atoms with E-state index in [2.05, 4.69) is 10.6 Å². The summed E-state index contributed by atoms with van der Waals surface area (Å²) in [7, 11) is 0. The molecule has 0 unspecified atom stereocenters. The Kier molecular flexibility index (Phi) is 5.59. The molecule has 2 aromatic carbocycles. The normalized spacial score (nSPS) is 19.1. The third-order valence-electron chi connectivity index (χ3n) is 5.58. The number of benzene rings is 2. The number of carbonyl (C=O) groups excluding carboxylic acids is 3. The molecule has 3 amide bonds. The number of amides is 3. The molecule has 9 nitrogen and oxygen atoms in total. The molecule has 0 radical (unpaired) electrons. The lowest BCUT2D eigenvalue weighted by molar-refractivity contribution is -0.136. The number of rotatable bonds is 5. The van der Waals surface area contributed by atoms with Gasteiger partial charge in [0.2, 0.25) is 5.91 Å². The molecule has 3 aliphatic heterocycles. The number of fused-ring (bicyclic) bond motifs is 1. The number of thioether (sulfide) groups is 1. The Labute approximate surface area is 194 Å². The summed E-state index contributed by atoms with van der Waals surface area (Å²) >= 11 is 1.60. The lowest BCUT2D eigenvalue weighted by Crippen LogP contribution is -2.49. The Morgan fingerprint density at radius 2 is 1.85 bits per heavy atom. The van der Waals surface area contributed by atoms with Crippen LogP contribution in [0.4, 0.5) is 10.5 Å². The smallest absolute Gasteiger partial charge is 0.338 e. The van der Waals surface area contributed by atoms with Gasteiger partial charge >= 0.3 is 12.0 Å². The van der Waals surface area contributed by atoms with E-state index in [-0.39, 0.29) is 13.2 Å². The predicted octanol–water partition coefficient (Wildman–Crippen LogP) is 2.70. The highest BCUT2D eigenvalue weighted by Crippen LogP contribution is 2.36. The van der Waals surface area contributed by atoms with E-state index >= 15 is 0 Å². The van der Waals surface area contributed by atoms with E-state index in [1.807, 2.05) is 30.5 Å². The standard InChI is InChI=1S/C23H21N3O6S/c1-33-15-5-2-13(3-6-15)21-20-16(12-32-22(20)28)26(23(29)25-21)11-19(27)24-14-4-7-17-18(10-14)31-9-8-30-17/h2-7,10,21H,8-9,11-12H2,1H3,(H,24,27)(H,25,29)/t21-/m0/s1. The fourth-order valence-corrected chi connectivity index (χ4v) is 4.40. The largest absolute Gasteiger partial charge is 0.486 e. The second-order valence-electron chi connectivity index (χ2n) is 7.58. The van der Waals surface area contributed by atoms with Crippen LogP contribution < -0.4 is 20.1 Å². The zero-order valence-corrected chi connectivity index (χ0v) is 18.6. The molecule has 3 heterocycles. The highest BCUT2D eigenvalue weighted by atomic mass is 32.2. The van der Waals surface area contributed by atoms with E-state index in [0.29, 0.717) is 41.7 Å². The van der Waals surface area contributed by atoms with Crippen LogP contribution in [0.3, 0.4) is 0 Å². The van der Waals surface area contributed by atoms with Gasteiger partial charge in [-0.3, -0.25) is 9.69 Å². The second-order valence-corrected chi connectivity index (χ2v) is 8.46. The summed E-state index contributed by atoms with van der Waals surface area (Å²) in [5.74, 6) is 0.240. The van der Waals surface area contributed by atoms with Gasteiger partial charge in [0.15, 0.2) is 11.5 Å². The van der Waals surface area contributed by atoms with Crippen molar-refractivity contribution in [2.45, 2.75) is 10.9 Å². The first-order chi connectivity index (χ1) is 16.0. The van der Waals surface area contributed by atoms with E-state index < -0.39 is 23.9 Å². The number of nitrogens with zero attached hydrogens (tertiary/aromatic N) is 1. The van der Waals surface area contributed by atoms with Crippen LogP contribution >= 0.6 is 11.8 Å². The highest BCUT2D eigenvalue weighted by Gasteiger charge is 2.42. The summed E-state index contributed by atoms with van der Waals surface area (Å²) in [5, 5.41) is 5.60. The molecule has 0 saturated carbocycles. The van der Waals surface area contributed by atoms with Gasteiger partial charge in [0, 0.05) is 16.6 Å². The molecular formula is C23H21N3O6S. The maximum Gasteiger partial charge on any atom is 0.338 e. The highest BCUT2D eigenvalue weighted by molar-refractivity contribution is 7.98. The van der Waals surface area contributed by atoms with E-state index in [9.17, 15) is 14.4 Å². The number of hydrogen-bond donors (Lipinski definition) is 2. The molecule has 2 aromatic rings. The number of cyclic esters (lactones) is 1. The zero-order valence-electron chi connectivity index (χ0n) is 17.8. The van der Waals surface area contributed by atoms with Crippen LogP contribution in [0.5, 0.6) is 11.5 Å². The summed E-state index contributed by atoms with van der Waals surface area (Å²) in [6, 6.07) is 11.6. The molecule has 33 heavy (non-hydrogen) atoms. The van der Waals surface area contributed by atoms with Crippen molar-refractivity contribution in [3.05, 3.63) is 59.3 Å². The Morgan fingerprint density at radius 3 is 2.61 bits per heavy atom. The molecule has 0 bridgehead atoms. The third-order valence-corrected chi connectivity index (χ3v) is 6.32. The Hall–Kier alpha value is -3.66. The number of ether oxygens (including phenoxy) is 3. The summed E-state index contributed by atoms with van der Waals surface area (Å²) in [6.07, 6.45) is 1.97. The topological polar surface area (TPSA) is 106 Å². The van der Waals surface area contributed by atoms with Crippen molar-refractivity contribution in [2.75, 3.05) is 37.9 Å². The van der Waals surface area contributed by atoms with E-state index in [1.165, 1.54) is 4.90 Å². The quantitative estimate of drug-likeness (QED) is 0.514. The minimum absolute atomic E-state index is 0.0573. The van der Waals surface area contributed by atoms with Crippen molar-refractivity contribution in [3.8, 4) is 11.5 Å². The van der Waals surface area contributed by atoms with E-state index in [4.69, 9.17) is 14.2 Å². The number of anilines is 1. The van der Waals surface area contributed by atoms with Crippen molar-refractivity contribution in [2.24, 2.45) is 0 Å². The maximum absolute atomic E-state index is 12.9. The fourth-order valence-electron chi connectivity index (χ4n) is 3.99. The van der Waals surface area contributed by atoms with Crippen molar-refractivity contribution >= 4 is 35.4 Å². The number of hydrogen-bond acceptors (Lipinski definition) is 7. The van der Waals surface area contributed by atoms with Crippen LogP contribution in [0.15, 0.2) is 58.6 Å². The van der Waals surface area contributed by atoms with Crippen molar-refractivity contribution in [3.63, 3.8) is 0 Å². The Bertz CT molecular complexity index is 1160. The first-order valence-corrected chi connectivity index (χ1v) is 11.6. The molecule has 2 N–H and O–H groups in total. The monoisotopic (exact) mass is 467 g/mol. The van der Waals surface area contributed by atoms with Gasteiger partial charge in [0.25, 0.3) is 0 Å². The average molecular weight is 468 g/mol. The van der Waals surface area contributed by atoms with Crippen LogP contribution in [0.25, 0.3) is 0 Å². The molecule has 0 aliphatic carbocycles. The molecule has 10 heteroatoms. The summed E-state index contributed by atoms with van der Waals surface area (Å²) in [4.78, 5) is 40.5. The fraction of sp³-hybridized carbons (Fsp3) is 0.261. The van der Waals surface area contributed by atoms with Crippen molar-refractivity contribution in [1.82, 2.24) is 10.2 Å². The van der Waals surface area contributed by atoms with E-state index in [0.717, 1.165) is 10.5 Å². The molecule has 170 valence electrons. The maximum atomic E-state index is 12.9. The Balaban J connectivity index is 1.35. The number of carbonyl (C=O) groups is 3. The van der Waals surface area contributed by atoms with Gasteiger partial charge in [-0.05, 0) is 36.1 Å². The van der Waals surface area contributed by atoms with Crippen molar-refractivity contribution in [1.29, 1.82) is 0 Å². The van der Waals surface area contributed by atoms with Gasteiger partial charge in [-0.15, -0.1) is 11.8 Å². The summed E-state index contributed by atoms with van der Waals surface area (Å²) in [6.45, 7) is 0.584. The second kappa shape index (κ2) is 8.70. The van der Waals surface area contributed by atoms with Crippen LogP contribution in [0.2, 0.25) is 0 Å². The van der Waals surface area contributed by atoms with Crippen molar-refractivity contribution < 1.29 is 28.6 Å². The first-order valence-electron chi connectivity index (χ1n) is 10.3. The number of urea groups is 1. The van der Waals surface area contributed by atoms with Gasteiger partial charge in [-0.25, -0.2) is 9.59 Å². The summed E-state index contributed by atoms with van der Waals surface area (Å²) in [5.41, 5.74) is 2.04. The number of nitrogens with one attached hydrogen (secondary N) is 2. The summed E-state index contributed by atoms with van der Waals surface area (Å²) < 4.78 is 16.2. The van der Waals surface area contributed by atoms with Gasteiger partial charge in [0.05, 0.1) is 17.3 Å². The molecule has 1 atom stereocenters. The molecular weight excluding hydrogens is 446 g/mol. The van der Waals surface area contributed by atoms with Gasteiger partial charge in [-0.1, -0.05) is 12.1 Å². The SMILES string of the molecule is CSc1ccc([C@@H]2NC(=O)N(CC(=O)Nc3ccc4c(c3)OCCO4)C3=C2C(=O)OC3)cc1. The number of esters is 1. The predicted molar refractivity (Wildman–Crippen MR) is 120 cm³/mol. The molecule has 0 fully saturated rings. The zero-order chi connectivity index (χ0) is 22.9. The molecule has 0 aromatic heterocycles. The average Bonchev–Trinajstić information content (AvgIpc) is 3.22. The molecule has 3 aliphatic rings. The third kappa shape index (κ3) is 4.09. The van der Waals surface area contributed by atoms with Crippen LogP contribution in [0, 0.1) is 0 Å². The Morgan fingerprint density at radius 1 is 1.09 bits per heavy atom. The van der Waals surface area contributed by atoms with Crippen LogP contribution in [-0.2, 0) is 14.3 Å². The van der Waals surface area contributed by atoms with Gasteiger partial charge in [0.1, 0.15) is 26.4 Å².